The third-order valence-corrected chi connectivity index (χ3v) is 0.855. The molecule has 0 heterocycles. The van der Waals surface area contributed by atoms with E-state index in [1.807, 2.05) is 19.1 Å². The van der Waals surface area contributed by atoms with Crippen molar-refractivity contribution in [3.8, 4) is 0 Å². The van der Waals surface area contributed by atoms with Gasteiger partial charge < -0.3 is 10.2 Å². The van der Waals surface area contributed by atoms with E-state index in [9.17, 15) is 0 Å². The van der Waals surface area contributed by atoms with Crippen LogP contribution >= 0.6 is 0 Å². The van der Waals surface area contributed by atoms with Crippen molar-refractivity contribution < 1.29 is 10.2 Å². The Balaban J connectivity index is 3.10. The molecule has 0 spiro atoms. The molecule has 0 bridgehead atoms. The highest BCUT2D eigenvalue weighted by molar-refractivity contribution is 4.79. The summed E-state index contributed by atoms with van der Waals surface area (Å²) in [7, 11) is 0. The molecule has 0 rings (SSSR count). The van der Waals surface area contributed by atoms with Gasteiger partial charge in [0.15, 0.2) is 0 Å². The molecule has 0 saturated heterocycles. The Morgan fingerprint density at radius 3 is 2.62 bits per heavy atom. The first kappa shape index (κ1) is 7.66. The predicted molar refractivity (Wildman–Crippen MR) is 32.5 cm³/mol. The molecule has 0 saturated carbocycles. The third-order valence-electron chi connectivity index (χ3n) is 0.855. The molecule has 0 aliphatic carbocycles. The lowest BCUT2D eigenvalue weighted by molar-refractivity contribution is 0.0976. The molecule has 8 heavy (non-hydrogen) atoms. The molecule has 0 aliphatic rings. The van der Waals surface area contributed by atoms with Crippen molar-refractivity contribution in [3.63, 3.8) is 0 Å². The molecule has 0 aromatic heterocycles. The second-order valence-corrected chi connectivity index (χ2v) is 1.64. The Kier molecular flexibility index (Phi) is 4.61. The van der Waals surface area contributed by atoms with Crippen molar-refractivity contribution in [1.29, 1.82) is 0 Å². The quantitative estimate of drug-likeness (QED) is 0.521. The van der Waals surface area contributed by atoms with Crippen LogP contribution in [0.2, 0.25) is 0 Å². The minimum atomic E-state index is -0.578. The molecule has 2 nitrogen and oxygen atoms in total. The van der Waals surface area contributed by atoms with Crippen molar-refractivity contribution in [2.45, 2.75) is 19.4 Å². The fourth-order valence-corrected chi connectivity index (χ4v) is 0.368. The van der Waals surface area contributed by atoms with Crippen LogP contribution in [0.4, 0.5) is 0 Å². The Morgan fingerprint density at radius 1 is 1.62 bits per heavy atom. The first-order valence-corrected chi connectivity index (χ1v) is 2.71. The average molecular weight is 116 g/mol. The van der Waals surface area contributed by atoms with Gasteiger partial charge in [0, 0.05) is 0 Å². The summed E-state index contributed by atoms with van der Waals surface area (Å²) >= 11 is 0. The molecule has 1 atom stereocenters. The maximum atomic E-state index is 8.69. The zero-order valence-electron chi connectivity index (χ0n) is 5.04. The molecule has 0 aliphatic heterocycles. The van der Waals surface area contributed by atoms with Gasteiger partial charge in [-0.25, -0.2) is 0 Å². The SMILES string of the molecule is C/C=C/CC(O)CO. The van der Waals surface area contributed by atoms with Crippen LogP contribution in [0.15, 0.2) is 12.2 Å². The smallest absolute Gasteiger partial charge is 0.0805 e. The summed E-state index contributed by atoms with van der Waals surface area (Å²) in [6.45, 7) is 1.73. The topological polar surface area (TPSA) is 40.5 Å². The minimum absolute atomic E-state index is 0.148. The van der Waals surface area contributed by atoms with Gasteiger partial charge in [-0.3, -0.25) is 0 Å². The van der Waals surface area contributed by atoms with E-state index in [1.165, 1.54) is 0 Å². The Labute approximate surface area is 49.5 Å². The monoisotopic (exact) mass is 116 g/mol. The van der Waals surface area contributed by atoms with E-state index in [2.05, 4.69) is 0 Å². The van der Waals surface area contributed by atoms with Crippen molar-refractivity contribution in [1.82, 2.24) is 0 Å². The Morgan fingerprint density at radius 2 is 2.25 bits per heavy atom. The van der Waals surface area contributed by atoms with Crippen LogP contribution in [0, 0.1) is 0 Å². The standard InChI is InChI=1S/C6H12O2/c1-2-3-4-6(8)5-7/h2-3,6-8H,4-5H2,1H3/b3-2+. The second kappa shape index (κ2) is 4.81. The highest BCUT2D eigenvalue weighted by atomic mass is 16.3. The van der Waals surface area contributed by atoms with E-state index in [4.69, 9.17) is 10.2 Å². The molecule has 2 heteroatoms. The van der Waals surface area contributed by atoms with Gasteiger partial charge in [-0.1, -0.05) is 12.2 Å². The predicted octanol–water partition coefficient (Wildman–Crippen LogP) is 0.306. The number of allylic oxidation sites excluding steroid dienone is 1. The van der Waals surface area contributed by atoms with Crippen LogP contribution in [0.25, 0.3) is 0 Å². The molecule has 0 aromatic carbocycles. The highest BCUT2D eigenvalue weighted by Gasteiger charge is 1.94. The minimum Gasteiger partial charge on any atom is -0.394 e. The summed E-state index contributed by atoms with van der Waals surface area (Å²) in [5.74, 6) is 0. The van der Waals surface area contributed by atoms with Crippen LogP contribution in [-0.4, -0.2) is 22.9 Å². The summed E-state index contributed by atoms with van der Waals surface area (Å²) in [4.78, 5) is 0. The normalized spacial score (nSPS) is 14.9. The first-order chi connectivity index (χ1) is 3.81. The second-order valence-electron chi connectivity index (χ2n) is 1.64. The van der Waals surface area contributed by atoms with Gasteiger partial charge in [0.05, 0.1) is 12.7 Å². The fourth-order valence-electron chi connectivity index (χ4n) is 0.368. The van der Waals surface area contributed by atoms with Crippen LogP contribution in [0.3, 0.4) is 0 Å². The van der Waals surface area contributed by atoms with E-state index >= 15 is 0 Å². The van der Waals surface area contributed by atoms with Crippen LogP contribution in [0.1, 0.15) is 13.3 Å². The van der Waals surface area contributed by atoms with Gasteiger partial charge in [-0.05, 0) is 13.3 Å². The number of hydrogen-bond donors (Lipinski definition) is 2. The van der Waals surface area contributed by atoms with Crippen molar-refractivity contribution >= 4 is 0 Å². The third kappa shape index (κ3) is 3.84. The molecule has 2 N–H and O–H groups in total. The van der Waals surface area contributed by atoms with E-state index in [0.29, 0.717) is 6.42 Å². The van der Waals surface area contributed by atoms with Gasteiger partial charge in [-0.15, -0.1) is 0 Å². The molecule has 48 valence electrons. The number of hydrogen-bond acceptors (Lipinski definition) is 2. The van der Waals surface area contributed by atoms with Gasteiger partial charge in [0.25, 0.3) is 0 Å². The molecule has 0 fully saturated rings. The lowest BCUT2D eigenvalue weighted by Gasteiger charge is -1.99. The number of rotatable bonds is 3. The zero-order chi connectivity index (χ0) is 6.41. The van der Waals surface area contributed by atoms with Crippen molar-refractivity contribution in [2.75, 3.05) is 6.61 Å². The van der Waals surface area contributed by atoms with E-state index in [-0.39, 0.29) is 6.61 Å². The number of aliphatic hydroxyl groups excluding tert-OH is 2. The van der Waals surface area contributed by atoms with Crippen molar-refractivity contribution in [2.24, 2.45) is 0 Å². The van der Waals surface area contributed by atoms with Crippen LogP contribution in [-0.2, 0) is 0 Å². The molecule has 0 aromatic rings. The maximum Gasteiger partial charge on any atom is 0.0805 e. The molecule has 1 unspecified atom stereocenters. The van der Waals surface area contributed by atoms with E-state index in [1.54, 1.807) is 0 Å². The summed E-state index contributed by atoms with van der Waals surface area (Å²) in [5.41, 5.74) is 0. The van der Waals surface area contributed by atoms with Gasteiger partial charge in [-0.2, -0.15) is 0 Å². The summed E-state index contributed by atoms with van der Waals surface area (Å²) in [5, 5.41) is 17.0. The lowest BCUT2D eigenvalue weighted by Crippen LogP contribution is -2.09. The van der Waals surface area contributed by atoms with Gasteiger partial charge >= 0.3 is 0 Å². The fraction of sp³-hybridized carbons (Fsp3) is 0.667. The van der Waals surface area contributed by atoms with Crippen LogP contribution < -0.4 is 0 Å². The molecular weight excluding hydrogens is 104 g/mol. The molecular formula is C6H12O2. The molecule has 0 amide bonds. The Bertz CT molecular complexity index is 68.9. The van der Waals surface area contributed by atoms with Crippen LogP contribution in [0.5, 0.6) is 0 Å². The molecule has 0 radical (unpaired) electrons. The number of aliphatic hydroxyl groups is 2. The summed E-state index contributed by atoms with van der Waals surface area (Å²) in [6, 6.07) is 0. The largest absolute Gasteiger partial charge is 0.394 e. The zero-order valence-corrected chi connectivity index (χ0v) is 5.04. The first-order valence-electron chi connectivity index (χ1n) is 2.71. The van der Waals surface area contributed by atoms with E-state index in [0.717, 1.165) is 0 Å². The summed E-state index contributed by atoms with van der Waals surface area (Å²) in [6.07, 6.45) is 3.64. The lowest BCUT2D eigenvalue weighted by atomic mass is 10.2. The van der Waals surface area contributed by atoms with E-state index < -0.39 is 6.10 Å². The highest BCUT2D eigenvalue weighted by Crippen LogP contribution is 1.89. The van der Waals surface area contributed by atoms with Gasteiger partial charge in [0.1, 0.15) is 0 Å². The average Bonchev–Trinajstić information content (AvgIpc) is 1.83. The summed E-state index contributed by atoms with van der Waals surface area (Å²) < 4.78 is 0. The van der Waals surface area contributed by atoms with Gasteiger partial charge in [0.2, 0.25) is 0 Å². The maximum absolute atomic E-state index is 8.69. The Hall–Kier alpha value is -0.340. The van der Waals surface area contributed by atoms with Crippen molar-refractivity contribution in [3.05, 3.63) is 12.2 Å².